The van der Waals surface area contributed by atoms with Crippen molar-refractivity contribution in [2.75, 3.05) is 5.32 Å². The predicted octanol–water partition coefficient (Wildman–Crippen LogP) is 4.11. The number of phenols is 1. The number of hydrazone groups is 1. The second-order valence-corrected chi connectivity index (χ2v) is 6.79. The van der Waals surface area contributed by atoms with Crippen molar-refractivity contribution in [1.29, 1.82) is 0 Å². The number of rotatable bonds is 6. The predicted molar refractivity (Wildman–Crippen MR) is 116 cm³/mol. The number of halogens is 2. The zero-order chi connectivity index (χ0) is 23.3. The fourth-order valence-corrected chi connectivity index (χ4v) is 2.80. The molecule has 32 heavy (non-hydrogen) atoms. The van der Waals surface area contributed by atoms with Crippen LogP contribution in [0.15, 0.2) is 65.8 Å². The van der Waals surface area contributed by atoms with Crippen molar-refractivity contribution in [1.82, 2.24) is 5.43 Å². The number of phenolic OH excluding ortho intramolecular Hbond substituents is 1. The van der Waals surface area contributed by atoms with Gasteiger partial charge < -0.3 is 10.4 Å². The smallest absolute Gasteiger partial charge is 0.312 e. The lowest BCUT2D eigenvalue weighted by molar-refractivity contribution is -0.385. The number of anilines is 1. The minimum absolute atomic E-state index is 0.0144. The van der Waals surface area contributed by atoms with Crippen molar-refractivity contribution in [2.24, 2.45) is 5.10 Å². The van der Waals surface area contributed by atoms with Gasteiger partial charge in [0.05, 0.1) is 11.1 Å². The Morgan fingerprint density at radius 1 is 1.03 bits per heavy atom. The molecule has 0 aliphatic heterocycles. The van der Waals surface area contributed by atoms with Gasteiger partial charge in [-0.25, -0.2) is 9.82 Å². The minimum Gasteiger partial charge on any atom is -0.502 e. The summed E-state index contributed by atoms with van der Waals surface area (Å²) in [4.78, 5) is 34.5. The first kappa shape index (κ1) is 22.4. The molecule has 3 aromatic carbocycles. The van der Waals surface area contributed by atoms with Gasteiger partial charge in [-0.3, -0.25) is 19.7 Å². The Labute approximate surface area is 185 Å². The summed E-state index contributed by atoms with van der Waals surface area (Å²) in [6.07, 6.45) is 1.02. The summed E-state index contributed by atoms with van der Waals surface area (Å²) in [6, 6.07) is 13.1. The molecule has 0 fully saturated rings. The molecule has 3 aromatic rings. The van der Waals surface area contributed by atoms with Crippen LogP contribution in [0.3, 0.4) is 0 Å². The second-order valence-electron chi connectivity index (χ2n) is 6.36. The third-order valence-corrected chi connectivity index (χ3v) is 4.38. The molecule has 3 N–H and O–H groups in total. The average molecular weight is 457 g/mol. The van der Waals surface area contributed by atoms with E-state index < -0.39 is 34.0 Å². The summed E-state index contributed by atoms with van der Waals surface area (Å²) in [5.74, 6) is -2.14. The number of nitro groups is 1. The molecular formula is C21H14ClFN4O5. The number of carbonyl (C=O) groups is 2. The number of nitro benzene ring substituents is 1. The van der Waals surface area contributed by atoms with Gasteiger partial charge in [0, 0.05) is 33.5 Å². The lowest BCUT2D eigenvalue weighted by Gasteiger charge is -2.06. The molecule has 11 heteroatoms. The van der Waals surface area contributed by atoms with Crippen molar-refractivity contribution in [3.05, 3.63) is 98.3 Å². The Bertz CT molecular complexity index is 1210. The molecule has 0 spiro atoms. The van der Waals surface area contributed by atoms with Gasteiger partial charge in [-0.2, -0.15) is 5.10 Å². The highest BCUT2D eigenvalue weighted by atomic mass is 35.5. The fraction of sp³-hybridized carbons (Fsp3) is 0. The fourth-order valence-electron chi connectivity index (χ4n) is 2.58. The van der Waals surface area contributed by atoms with Crippen LogP contribution in [0.25, 0.3) is 0 Å². The van der Waals surface area contributed by atoms with E-state index in [0.29, 0.717) is 5.69 Å². The van der Waals surface area contributed by atoms with Crippen molar-refractivity contribution in [3.63, 3.8) is 0 Å². The lowest BCUT2D eigenvalue weighted by atomic mass is 10.1. The molecule has 0 bridgehead atoms. The van der Waals surface area contributed by atoms with Crippen LogP contribution in [0.2, 0.25) is 5.02 Å². The Kier molecular flexibility index (Phi) is 6.76. The van der Waals surface area contributed by atoms with Crippen molar-refractivity contribution in [2.45, 2.75) is 0 Å². The molecule has 3 rings (SSSR count). The van der Waals surface area contributed by atoms with Crippen LogP contribution < -0.4 is 10.7 Å². The zero-order valence-electron chi connectivity index (χ0n) is 16.1. The molecule has 0 aromatic heterocycles. The van der Waals surface area contributed by atoms with E-state index >= 15 is 0 Å². The van der Waals surface area contributed by atoms with Gasteiger partial charge in [0.15, 0.2) is 0 Å². The largest absolute Gasteiger partial charge is 0.502 e. The standard InChI is InChI=1S/C21H14ClFN4O5/c22-15-9-14(19(28)18(10-15)27(31)32)11-24-26-21(30)13-3-7-17(8-4-13)25-20(29)12-1-5-16(23)6-2-12/h1-11,28H,(H,25,29)(H,26,30). The first-order chi connectivity index (χ1) is 15.2. The average Bonchev–Trinajstić information content (AvgIpc) is 2.76. The summed E-state index contributed by atoms with van der Waals surface area (Å²) in [7, 11) is 0. The molecule has 0 radical (unpaired) electrons. The maximum absolute atomic E-state index is 12.9. The Hall–Kier alpha value is -4.31. The lowest BCUT2D eigenvalue weighted by Crippen LogP contribution is -2.18. The van der Waals surface area contributed by atoms with Crippen LogP contribution in [0, 0.1) is 15.9 Å². The summed E-state index contributed by atoms with van der Waals surface area (Å²) < 4.78 is 12.9. The quantitative estimate of drug-likeness (QED) is 0.291. The Balaban J connectivity index is 1.63. The van der Waals surface area contributed by atoms with Crippen LogP contribution in [0.1, 0.15) is 26.3 Å². The van der Waals surface area contributed by atoms with Crippen molar-refractivity contribution < 1.29 is 24.0 Å². The summed E-state index contributed by atoms with van der Waals surface area (Å²) >= 11 is 5.79. The molecule has 0 unspecified atom stereocenters. The highest BCUT2D eigenvalue weighted by molar-refractivity contribution is 6.31. The van der Waals surface area contributed by atoms with E-state index in [1.165, 1.54) is 54.6 Å². The van der Waals surface area contributed by atoms with Gasteiger partial charge >= 0.3 is 5.69 Å². The summed E-state index contributed by atoms with van der Waals surface area (Å²) in [5, 5.41) is 27.1. The number of carbonyl (C=O) groups excluding carboxylic acids is 2. The molecule has 0 aliphatic carbocycles. The van der Waals surface area contributed by atoms with E-state index in [2.05, 4.69) is 15.8 Å². The Morgan fingerprint density at radius 3 is 2.25 bits per heavy atom. The van der Waals surface area contributed by atoms with Gasteiger partial charge in [-0.1, -0.05) is 11.6 Å². The topological polar surface area (TPSA) is 134 Å². The van der Waals surface area contributed by atoms with Crippen LogP contribution in [0.5, 0.6) is 5.75 Å². The molecule has 9 nitrogen and oxygen atoms in total. The zero-order valence-corrected chi connectivity index (χ0v) is 16.8. The summed E-state index contributed by atoms with van der Waals surface area (Å²) in [6.45, 7) is 0. The molecule has 0 aliphatic rings. The van der Waals surface area contributed by atoms with Gasteiger partial charge in [0.2, 0.25) is 5.75 Å². The normalized spacial score (nSPS) is 10.7. The number of hydrogen-bond acceptors (Lipinski definition) is 6. The summed E-state index contributed by atoms with van der Waals surface area (Å²) in [5.41, 5.74) is 2.47. The van der Waals surface area contributed by atoms with Gasteiger partial charge in [0.25, 0.3) is 11.8 Å². The molecule has 0 saturated carbocycles. The van der Waals surface area contributed by atoms with Crippen LogP contribution in [-0.2, 0) is 0 Å². The van der Waals surface area contributed by atoms with E-state index in [1.54, 1.807) is 0 Å². The monoisotopic (exact) mass is 456 g/mol. The Morgan fingerprint density at radius 2 is 1.62 bits per heavy atom. The highest BCUT2D eigenvalue weighted by Crippen LogP contribution is 2.32. The third kappa shape index (κ3) is 5.43. The highest BCUT2D eigenvalue weighted by Gasteiger charge is 2.18. The van der Waals surface area contributed by atoms with Crippen molar-refractivity contribution >= 4 is 41.0 Å². The SMILES string of the molecule is O=C(NN=Cc1cc(Cl)cc([N+](=O)[O-])c1O)c1ccc(NC(=O)c2ccc(F)cc2)cc1. The van der Waals surface area contributed by atoms with E-state index in [9.17, 15) is 29.2 Å². The third-order valence-electron chi connectivity index (χ3n) is 4.16. The van der Waals surface area contributed by atoms with Gasteiger partial charge in [0.1, 0.15) is 5.82 Å². The maximum Gasteiger partial charge on any atom is 0.312 e. The molecule has 162 valence electrons. The van der Waals surface area contributed by atoms with Gasteiger partial charge in [-0.15, -0.1) is 0 Å². The number of nitrogens with one attached hydrogen (secondary N) is 2. The maximum atomic E-state index is 12.9. The van der Waals surface area contributed by atoms with Crippen molar-refractivity contribution in [3.8, 4) is 5.75 Å². The minimum atomic E-state index is -0.798. The van der Waals surface area contributed by atoms with E-state index in [4.69, 9.17) is 11.6 Å². The number of benzene rings is 3. The van der Waals surface area contributed by atoms with Crippen LogP contribution in [-0.4, -0.2) is 28.1 Å². The number of aromatic hydroxyl groups is 1. The first-order valence-electron chi connectivity index (χ1n) is 8.92. The van der Waals surface area contributed by atoms with E-state index in [1.807, 2.05) is 0 Å². The second kappa shape index (κ2) is 9.67. The molecule has 0 saturated heterocycles. The van der Waals surface area contributed by atoms with Crippen LogP contribution in [0.4, 0.5) is 15.8 Å². The van der Waals surface area contributed by atoms with Gasteiger partial charge in [-0.05, 0) is 54.6 Å². The molecular weight excluding hydrogens is 443 g/mol. The first-order valence-corrected chi connectivity index (χ1v) is 9.29. The molecule has 0 heterocycles. The number of nitrogens with zero attached hydrogens (tertiary/aromatic N) is 2. The van der Waals surface area contributed by atoms with Crippen LogP contribution >= 0.6 is 11.6 Å². The van der Waals surface area contributed by atoms with E-state index in [-0.39, 0.29) is 21.7 Å². The number of amides is 2. The molecule has 0 atom stereocenters. The van der Waals surface area contributed by atoms with E-state index in [0.717, 1.165) is 12.3 Å². The number of hydrogen-bond donors (Lipinski definition) is 3. The molecule has 2 amide bonds.